The van der Waals surface area contributed by atoms with E-state index in [-0.39, 0.29) is 12.2 Å². The maximum absolute atomic E-state index is 13.0. The molecule has 6 heteroatoms. The van der Waals surface area contributed by atoms with Gasteiger partial charge in [0.1, 0.15) is 11.6 Å². The fourth-order valence-corrected chi connectivity index (χ4v) is 2.16. The van der Waals surface area contributed by atoms with Gasteiger partial charge in [0, 0.05) is 12.0 Å². The van der Waals surface area contributed by atoms with Crippen molar-refractivity contribution in [3.05, 3.63) is 54.2 Å². The van der Waals surface area contributed by atoms with E-state index in [1.54, 1.807) is 18.2 Å². The van der Waals surface area contributed by atoms with Crippen molar-refractivity contribution in [1.29, 1.82) is 0 Å². The summed E-state index contributed by atoms with van der Waals surface area (Å²) < 4.78 is 18.3. The van der Waals surface area contributed by atoms with Crippen molar-refractivity contribution in [2.24, 2.45) is 0 Å². The summed E-state index contributed by atoms with van der Waals surface area (Å²) >= 11 is 0. The molecule has 0 unspecified atom stereocenters. The van der Waals surface area contributed by atoms with Crippen molar-refractivity contribution in [2.45, 2.75) is 25.0 Å². The average Bonchev–Trinajstić information content (AvgIpc) is 2.93. The molecule has 2 atom stereocenters. The molecule has 0 fully saturated rings. The number of halogens is 1. The highest BCUT2D eigenvalue weighted by atomic mass is 19.1. The Morgan fingerprint density at radius 3 is 2.57 bits per heavy atom. The molecule has 0 saturated carbocycles. The molecule has 0 amide bonds. The number of carboxylic acid groups (broad SMARTS) is 1. The average molecular weight is 320 g/mol. The van der Waals surface area contributed by atoms with Crippen molar-refractivity contribution >= 4 is 12.0 Å². The van der Waals surface area contributed by atoms with Crippen LogP contribution in [-0.2, 0) is 4.79 Å². The fraction of sp³-hybridized carbons (Fsp3) is 0.235. The molecule has 1 aromatic carbocycles. The second-order valence-electron chi connectivity index (χ2n) is 5.12. The Morgan fingerprint density at radius 1 is 1.22 bits per heavy atom. The van der Waals surface area contributed by atoms with Crippen LogP contribution in [-0.4, -0.2) is 33.5 Å². The van der Waals surface area contributed by atoms with Gasteiger partial charge in [0.25, 0.3) is 0 Å². The van der Waals surface area contributed by atoms with Crippen LogP contribution in [0.25, 0.3) is 17.2 Å². The molecule has 1 aromatic heterocycles. The van der Waals surface area contributed by atoms with Crippen LogP contribution in [0.5, 0.6) is 0 Å². The maximum atomic E-state index is 13.0. The van der Waals surface area contributed by atoms with Gasteiger partial charge in [-0.3, -0.25) is 4.79 Å². The molecule has 0 radical (unpaired) electrons. The van der Waals surface area contributed by atoms with Crippen molar-refractivity contribution in [3.63, 3.8) is 0 Å². The summed E-state index contributed by atoms with van der Waals surface area (Å²) in [4.78, 5) is 10.5. The largest absolute Gasteiger partial charge is 0.481 e. The first-order valence-corrected chi connectivity index (χ1v) is 7.05. The fourth-order valence-electron chi connectivity index (χ4n) is 2.16. The van der Waals surface area contributed by atoms with Crippen LogP contribution < -0.4 is 0 Å². The molecule has 1 heterocycles. The van der Waals surface area contributed by atoms with Crippen LogP contribution in [0.1, 0.15) is 18.6 Å². The maximum Gasteiger partial charge on any atom is 0.305 e. The molecular formula is C17H17FO5. The molecule has 23 heavy (non-hydrogen) atoms. The Morgan fingerprint density at radius 2 is 1.91 bits per heavy atom. The lowest BCUT2D eigenvalue weighted by Gasteiger charge is -2.10. The quantitative estimate of drug-likeness (QED) is 0.729. The molecule has 0 spiro atoms. The Balaban J connectivity index is 2.04. The highest BCUT2D eigenvalue weighted by Crippen LogP contribution is 2.26. The Kier molecular flexibility index (Phi) is 5.67. The predicted molar refractivity (Wildman–Crippen MR) is 82.0 cm³/mol. The van der Waals surface area contributed by atoms with Crippen LogP contribution in [0.3, 0.4) is 0 Å². The van der Waals surface area contributed by atoms with Crippen LogP contribution in [0.4, 0.5) is 4.39 Å². The van der Waals surface area contributed by atoms with Gasteiger partial charge in [0.2, 0.25) is 0 Å². The lowest BCUT2D eigenvalue weighted by atomic mass is 10.0. The van der Waals surface area contributed by atoms with E-state index in [1.165, 1.54) is 30.5 Å². The molecule has 2 rings (SSSR count). The number of hydrogen-bond donors (Lipinski definition) is 3. The van der Waals surface area contributed by atoms with Gasteiger partial charge in [-0.1, -0.05) is 18.2 Å². The molecule has 0 aliphatic rings. The monoisotopic (exact) mass is 320 g/mol. The highest BCUT2D eigenvalue weighted by Gasteiger charge is 2.14. The zero-order valence-corrected chi connectivity index (χ0v) is 12.2. The molecule has 3 N–H and O–H groups in total. The summed E-state index contributed by atoms with van der Waals surface area (Å²) in [5.74, 6) is -0.987. The second kappa shape index (κ2) is 7.71. The van der Waals surface area contributed by atoms with E-state index in [0.29, 0.717) is 5.76 Å². The second-order valence-corrected chi connectivity index (χ2v) is 5.12. The van der Waals surface area contributed by atoms with E-state index in [1.807, 2.05) is 0 Å². The highest BCUT2D eigenvalue weighted by molar-refractivity contribution is 5.72. The molecule has 0 aliphatic carbocycles. The summed E-state index contributed by atoms with van der Waals surface area (Å²) in [6.07, 6.45) is 1.79. The Labute approximate surface area is 132 Å². The van der Waals surface area contributed by atoms with E-state index >= 15 is 0 Å². The SMILES string of the molecule is O=C(O)C[C@@H](O)C[C@H](O)/C=C/c1occc1-c1ccc(F)cc1. The number of rotatable bonds is 7. The molecular weight excluding hydrogens is 303 g/mol. The number of furan rings is 1. The van der Waals surface area contributed by atoms with Crippen LogP contribution in [0, 0.1) is 5.82 Å². The molecule has 122 valence electrons. The smallest absolute Gasteiger partial charge is 0.305 e. The number of aliphatic hydroxyl groups is 2. The van der Waals surface area contributed by atoms with Crippen LogP contribution >= 0.6 is 0 Å². The van der Waals surface area contributed by atoms with Gasteiger partial charge in [-0.2, -0.15) is 0 Å². The minimum absolute atomic E-state index is 0.0879. The predicted octanol–water partition coefficient (Wildman–Crippen LogP) is 2.69. The summed E-state index contributed by atoms with van der Waals surface area (Å²) in [5.41, 5.74) is 1.50. The van der Waals surface area contributed by atoms with Crippen molar-refractivity contribution < 1.29 is 28.9 Å². The number of benzene rings is 1. The van der Waals surface area contributed by atoms with E-state index in [9.17, 15) is 19.4 Å². The summed E-state index contributed by atoms with van der Waals surface area (Å²) in [5, 5.41) is 27.8. The van der Waals surface area contributed by atoms with Gasteiger partial charge in [-0.15, -0.1) is 0 Å². The third kappa shape index (κ3) is 5.05. The standard InChI is InChI=1S/C17H17FO5/c18-12-3-1-11(2-4-12)15-7-8-23-16(15)6-5-13(19)9-14(20)10-17(21)22/h1-8,13-14,19-20H,9-10H2,(H,21,22)/b6-5+/t13-,14+/m1/s1. The van der Waals surface area contributed by atoms with Gasteiger partial charge in [-0.25, -0.2) is 4.39 Å². The van der Waals surface area contributed by atoms with Gasteiger partial charge in [0.15, 0.2) is 0 Å². The number of aliphatic hydroxyl groups excluding tert-OH is 2. The Bertz CT molecular complexity index is 675. The topological polar surface area (TPSA) is 90.9 Å². The van der Waals surface area contributed by atoms with Crippen LogP contribution in [0.15, 0.2) is 47.1 Å². The van der Waals surface area contributed by atoms with Crippen molar-refractivity contribution in [2.75, 3.05) is 0 Å². The minimum atomic E-state index is -1.13. The molecule has 0 saturated heterocycles. The first-order valence-electron chi connectivity index (χ1n) is 7.05. The van der Waals surface area contributed by atoms with Crippen LogP contribution in [0.2, 0.25) is 0 Å². The third-order valence-corrected chi connectivity index (χ3v) is 3.24. The molecule has 2 aromatic rings. The lowest BCUT2D eigenvalue weighted by Crippen LogP contribution is -2.19. The number of carboxylic acids is 1. The van der Waals surface area contributed by atoms with E-state index in [0.717, 1.165) is 11.1 Å². The molecule has 5 nitrogen and oxygen atoms in total. The zero-order chi connectivity index (χ0) is 16.8. The molecule has 0 aliphatic heterocycles. The van der Waals surface area contributed by atoms with Crippen molar-refractivity contribution in [1.82, 2.24) is 0 Å². The van der Waals surface area contributed by atoms with Gasteiger partial charge >= 0.3 is 5.97 Å². The number of hydrogen-bond acceptors (Lipinski definition) is 4. The third-order valence-electron chi connectivity index (χ3n) is 3.24. The summed E-state index contributed by atoms with van der Waals surface area (Å²) in [6, 6.07) is 7.63. The van der Waals surface area contributed by atoms with Gasteiger partial charge in [0.05, 0.1) is 24.9 Å². The first kappa shape index (κ1) is 16.9. The number of aliphatic carboxylic acids is 1. The lowest BCUT2D eigenvalue weighted by molar-refractivity contribution is -0.139. The summed E-state index contributed by atoms with van der Waals surface area (Å²) in [6.45, 7) is 0. The Hall–Kier alpha value is -2.44. The number of carbonyl (C=O) groups is 1. The normalized spacial score (nSPS) is 14.0. The van der Waals surface area contributed by atoms with E-state index < -0.39 is 24.6 Å². The van der Waals surface area contributed by atoms with Gasteiger partial charge in [-0.05, 0) is 29.8 Å². The van der Waals surface area contributed by atoms with E-state index in [4.69, 9.17) is 9.52 Å². The zero-order valence-electron chi connectivity index (χ0n) is 12.2. The summed E-state index contributed by atoms with van der Waals surface area (Å²) in [7, 11) is 0. The van der Waals surface area contributed by atoms with E-state index in [2.05, 4.69) is 0 Å². The minimum Gasteiger partial charge on any atom is -0.481 e. The first-order chi connectivity index (χ1) is 11.0. The molecule has 0 bridgehead atoms. The van der Waals surface area contributed by atoms with Gasteiger partial charge < -0.3 is 19.7 Å². The van der Waals surface area contributed by atoms with Crippen molar-refractivity contribution in [3.8, 4) is 11.1 Å².